The molecule has 0 aliphatic heterocycles. The van der Waals surface area contributed by atoms with Gasteiger partial charge in [-0.3, -0.25) is 0 Å². The minimum atomic E-state index is -3.69. The van der Waals surface area contributed by atoms with Crippen LogP contribution in [0.4, 0.5) is 10.1 Å². The molecule has 0 unspecified atom stereocenters. The van der Waals surface area contributed by atoms with E-state index in [1.807, 2.05) is 0 Å². The molecule has 4 nitrogen and oxygen atoms in total. The van der Waals surface area contributed by atoms with E-state index in [9.17, 15) is 12.8 Å². The van der Waals surface area contributed by atoms with Crippen LogP contribution < -0.4 is 10.5 Å². The summed E-state index contributed by atoms with van der Waals surface area (Å²) >= 11 is 5.80. The molecule has 0 bridgehead atoms. The lowest BCUT2D eigenvalue weighted by Crippen LogP contribution is -2.23. The molecule has 106 valence electrons. The Morgan fingerprint density at radius 1 is 1.15 bits per heavy atom. The summed E-state index contributed by atoms with van der Waals surface area (Å²) in [6.07, 6.45) is 0. The molecule has 3 N–H and O–H groups in total. The summed E-state index contributed by atoms with van der Waals surface area (Å²) < 4.78 is 39.3. The molecule has 2 aromatic carbocycles. The van der Waals surface area contributed by atoms with Crippen molar-refractivity contribution >= 4 is 27.3 Å². The van der Waals surface area contributed by atoms with E-state index in [2.05, 4.69) is 4.72 Å². The van der Waals surface area contributed by atoms with Crippen LogP contribution in [0, 0.1) is 5.82 Å². The molecule has 20 heavy (non-hydrogen) atoms. The lowest BCUT2D eigenvalue weighted by Gasteiger charge is -2.08. The van der Waals surface area contributed by atoms with Gasteiger partial charge in [0.05, 0.1) is 15.6 Å². The van der Waals surface area contributed by atoms with Crippen molar-refractivity contribution in [1.82, 2.24) is 4.72 Å². The van der Waals surface area contributed by atoms with Gasteiger partial charge in [-0.25, -0.2) is 17.5 Å². The van der Waals surface area contributed by atoms with Crippen LogP contribution in [0.2, 0.25) is 5.02 Å². The average molecular weight is 315 g/mol. The molecule has 0 atom stereocenters. The summed E-state index contributed by atoms with van der Waals surface area (Å²) in [4.78, 5) is 0.0267. The molecule has 0 saturated carbocycles. The van der Waals surface area contributed by atoms with Crippen molar-refractivity contribution in [2.75, 3.05) is 5.73 Å². The number of halogens is 2. The number of rotatable bonds is 4. The summed E-state index contributed by atoms with van der Waals surface area (Å²) in [5.74, 6) is -0.373. The van der Waals surface area contributed by atoms with Crippen LogP contribution in [0.25, 0.3) is 0 Å². The predicted octanol–water partition coefficient (Wildman–Crippen LogP) is 2.54. The van der Waals surface area contributed by atoms with Crippen molar-refractivity contribution in [2.24, 2.45) is 0 Å². The zero-order valence-corrected chi connectivity index (χ0v) is 11.9. The summed E-state index contributed by atoms with van der Waals surface area (Å²) in [7, 11) is -3.69. The van der Waals surface area contributed by atoms with Crippen LogP contribution in [0.3, 0.4) is 0 Å². The molecule has 7 heteroatoms. The number of sulfonamides is 1. The first-order valence-corrected chi connectivity index (χ1v) is 7.54. The standard InChI is InChI=1S/C13H12ClFN2O2S/c14-12-7-11(5-6-13(12)16)20(18,19)17-8-9-1-3-10(15)4-2-9/h1-7,17H,8,16H2. The van der Waals surface area contributed by atoms with E-state index >= 15 is 0 Å². The Hall–Kier alpha value is -1.63. The smallest absolute Gasteiger partial charge is 0.240 e. The van der Waals surface area contributed by atoms with Crippen LogP contribution in [-0.2, 0) is 16.6 Å². The van der Waals surface area contributed by atoms with Gasteiger partial charge in [0.25, 0.3) is 0 Å². The second kappa shape index (κ2) is 5.78. The van der Waals surface area contributed by atoms with Gasteiger partial charge in [0.15, 0.2) is 0 Å². The molecule has 0 radical (unpaired) electrons. The SMILES string of the molecule is Nc1ccc(S(=O)(=O)NCc2ccc(F)cc2)cc1Cl. The fourth-order valence-electron chi connectivity index (χ4n) is 1.54. The predicted molar refractivity (Wildman–Crippen MR) is 76.3 cm³/mol. The number of anilines is 1. The maximum atomic E-state index is 12.7. The molecule has 0 saturated heterocycles. The number of nitrogens with two attached hydrogens (primary N) is 1. The van der Waals surface area contributed by atoms with Crippen LogP contribution >= 0.6 is 11.6 Å². The maximum Gasteiger partial charge on any atom is 0.240 e. The monoisotopic (exact) mass is 314 g/mol. The lowest BCUT2D eigenvalue weighted by molar-refractivity contribution is 0.581. The van der Waals surface area contributed by atoms with E-state index in [0.717, 1.165) is 0 Å². The Labute approximate surface area is 121 Å². The fourth-order valence-corrected chi connectivity index (χ4v) is 2.83. The van der Waals surface area contributed by atoms with Crippen molar-refractivity contribution in [1.29, 1.82) is 0 Å². The summed E-state index contributed by atoms with van der Waals surface area (Å²) in [6.45, 7) is 0.0601. The molecule has 0 fully saturated rings. The Kier molecular flexibility index (Phi) is 4.27. The Bertz CT molecular complexity index is 718. The highest BCUT2D eigenvalue weighted by Gasteiger charge is 2.14. The van der Waals surface area contributed by atoms with Crippen LogP contribution in [0.1, 0.15) is 5.56 Å². The second-order valence-corrected chi connectivity index (χ2v) is 6.31. The summed E-state index contributed by atoms with van der Waals surface area (Å²) in [5, 5.41) is 0.176. The van der Waals surface area contributed by atoms with Gasteiger partial charge >= 0.3 is 0 Å². The number of hydrogen-bond donors (Lipinski definition) is 2. The van der Waals surface area contributed by atoms with Crippen LogP contribution in [0.5, 0.6) is 0 Å². The van der Waals surface area contributed by atoms with Gasteiger partial charge in [-0.05, 0) is 35.9 Å². The van der Waals surface area contributed by atoms with Gasteiger partial charge in [-0.15, -0.1) is 0 Å². The molecule has 2 rings (SSSR count). The molecule has 0 aliphatic rings. The van der Waals surface area contributed by atoms with E-state index in [1.54, 1.807) is 0 Å². The van der Waals surface area contributed by atoms with Gasteiger partial charge in [0.2, 0.25) is 10.0 Å². The largest absolute Gasteiger partial charge is 0.398 e. The Morgan fingerprint density at radius 3 is 2.40 bits per heavy atom. The van der Waals surface area contributed by atoms with Crippen molar-refractivity contribution in [2.45, 2.75) is 11.4 Å². The zero-order chi connectivity index (χ0) is 14.8. The normalized spacial score (nSPS) is 11.5. The number of benzene rings is 2. The first-order valence-electron chi connectivity index (χ1n) is 5.67. The van der Waals surface area contributed by atoms with Crippen molar-refractivity contribution in [3.63, 3.8) is 0 Å². The van der Waals surface area contributed by atoms with Gasteiger partial charge in [-0.1, -0.05) is 23.7 Å². The van der Waals surface area contributed by atoms with E-state index in [1.165, 1.54) is 42.5 Å². The topological polar surface area (TPSA) is 72.2 Å². The molecule has 0 heterocycles. The van der Waals surface area contributed by atoms with E-state index < -0.39 is 10.0 Å². The first-order chi connectivity index (χ1) is 9.38. The van der Waals surface area contributed by atoms with Crippen molar-refractivity contribution < 1.29 is 12.8 Å². The average Bonchev–Trinajstić information content (AvgIpc) is 2.41. The van der Waals surface area contributed by atoms with E-state index in [4.69, 9.17) is 17.3 Å². The molecule has 2 aromatic rings. The van der Waals surface area contributed by atoms with E-state index in [0.29, 0.717) is 11.3 Å². The maximum absolute atomic E-state index is 12.7. The summed E-state index contributed by atoms with van der Waals surface area (Å²) in [6, 6.07) is 9.63. The number of hydrogen-bond acceptors (Lipinski definition) is 3. The molecule has 0 spiro atoms. The van der Waals surface area contributed by atoms with Gasteiger partial charge in [0.1, 0.15) is 5.82 Å². The highest BCUT2D eigenvalue weighted by atomic mass is 35.5. The van der Waals surface area contributed by atoms with Gasteiger partial charge in [0, 0.05) is 6.54 Å². The highest BCUT2D eigenvalue weighted by Crippen LogP contribution is 2.22. The third-order valence-electron chi connectivity index (χ3n) is 2.66. The van der Waals surface area contributed by atoms with Crippen LogP contribution in [-0.4, -0.2) is 8.42 Å². The Morgan fingerprint density at radius 2 is 1.80 bits per heavy atom. The quantitative estimate of drug-likeness (QED) is 0.852. The van der Waals surface area contributed by atoms with Crippen molar-refractivity contribution in [3.05, 3.63) is 58.9 Å². The van der Waals surface area contributed by atoms with Gasteiger partial charge in [-0.2, -0.15) is 0 Å². The number of nitrogen functional groups attached to an aromatic ring is 1. The van der Waals surface area contributed by atoms with Crippen LogP contribution in [0.15, 0.2) is 47.4 Å². The third kappa shape index (κ3) is 3.47. The number of nitrogens with one attached hydrogen (secondary N) is 1. The lowest BCUT2D eigenvalue weighted by atomic mass is 10.2. The molecule has 0 amide bonds. The minimum absolute atomic E-state index is 0.0267. The second-order valence-electron chi connectivity index (χ2n) is 4.13. The molecule has 0 aliphatic carbocycles. The Balaban J connectivity index is 2.14. The molecular weight excluding hydrogens is 303 g/mol. The molecular formula is C13H12ClFN2O2S. The third-order valence-corrected chi connectivity index (χ3v) is 4.39. The van der Waals surface area contributed by atoms with Crippen molar-refractivity contribution in [3.8, 4) is 0 Å². The minimum Gasteiger partial charge on any atom is -0.398 e. The first kappa shape index (κ1) is 14.8. The summed E-state index contributed by atoms with van der Waals surface area (Å²) in [5.41, 5.74) is 6.49. The zero-order valence-electron chi connectivity index (χ0n) is 10.3. The van der Waals surface area contributed by atoms with Gasteiger partial charge < -0.3 is 5.73 Å². The highest BCUT2D eigenvalue weighted by molar-refractivity contribution is 7.89. The van der Waals surface area contributed by atoms with E-state index in [-0.39, 0.29) is 22.3 Å². The molecule has 0 aromatic heterocycles. The fraction of sp³-hybridized carbons (Fsp3) is 0.0769.